The first-order valence-electron chi connectivity index (χ1n) is 0.548. The first kappa shape index (κ1) is 16.0. The van der Waals surface area contributed by atoms with E-state index in [2.05, 4.69) is 0 Å². The Hall–Kier alpha value is 0.524. The van der Waals surface area contributed by atoms with Crippen molar-refractivity contribution in [2.24, 2.45) is 0 Å². The molecule has 0 aliphatic carbocycles. The van der Waals surface area contributed by atoms with Crippen LogP contribution in [0, 0.1) is 56.6 Å². The molecule has 0 spiro atoms. The summed E-state index contributed by atoms with van der Waals surface area (Å²) in [5.41, 5.74) is 0. The first-order valence-corrected chi connectivity index (χ1v) is 0.548. The van der Waals surface area contributed by atoms with Crippen molar-refractivity contribution < 1.29 is 46.4 Å². The van der Waals surface area contributed by atoms with Gasteiger partial charge in [-0.1, -0.05) is 0 Å². The summed E-state index contributed by atoms with van der Waals surface area (Å²) in [5.74, 6) is 0. The number of hydrogen-bond donors (Lipinski definition) is 1. The second-order valence-electron chi connectivity index (χ2n) is 0.224. The Morgan fingerprint density at radius 2 is 1.33 bits per heavy atom. The largest absolute Gasteiger partial charge is 0.369 e. The topological polar surface area (TPSA) is 103 Å². The standard InChI is InChI=1S/NO3.H3N.Pr/c2-1(3)4;;/h;1H3;/q-1;;/p+1. The fraction of sp³-hybridized carbons (Fsp3) is 0. The molecule has 1 radical (unpaired) electrons. The van der Waals surface area contributed by atoms with Gasteiger partial charge in [0.25, 0.3) is 0 Å². The van der Waals surface area contributed by atoms with Gasteiger partial charge in [0.2, 0.25) is 0 Å². The Balaban J connectivity index is -0.0000000450. The van der Waals surface area contributed by atoms with Crippen LogP contribution >= 0.6 is 0 Å². The molecule has 0 atom stereocenters. The molecule has 0 heterocycles. The molecule has 0 aromatic rings. The molecule has 0 aromatic carbocycles. The molecule has 0 fully saturated rings. The van der Waals surface area contributed by atoms with Gasteiger partial charge in [-0.05, 0) is 0 Å². The van der Waals surface area contributed by atoms with E-state index >= 15 is 0 Å². The van der Waals surface area contributed by atoms with E-state index in [9.17, 15) is 0 Å². The van der Waals surface area contributed by atoms with Crippen molar-refractivity contribution in [3.05, 3.63) is 15.3 Å². The number of hydrogen-bond acceptors (Lipinski definition) is 3. The number of nitrogens with zero attached hydrogens (tertiary/aromatic N) is 1. The van der Waals surface area contributed by atoms with Gasteiger partial charge < -0.3 is 21.5 Å². The average molecular weight is 221 g/mol. The predicted octanol–water partition coefficient (Wildman–Crippen LogP) is 0.137. The third-order valence-electron chi connectivity index (χ3n) is 0. The van der Waals surface area contributed by atoms with Crippen molar-refractivity contribution >= 4 is 0 Å². The molecule has 6 heavy (non-hydrogen) atoms. The summed E-state index contributed by atoms with van der Waals surface area (Å²) in [5, 5.41) is 14.8. The van der Waals surface area contributed by atoms with E-state index in [-0.39, 0.29) is 47.4 Å². The van der Waals surface area contributed by atoms with Gasteiger partial charge in [-0.25, -0.2) is 0 Å². The van der Waals surface area contributed by atoms with Gasteiger partial charge >= 0.3 is 0 Å². The van der Waals surface area contributed by atoms with Gasteiger partial charge in [-0.3, -0.25) is 0 Å². The smallest absolute Gasteiger partial charge is 0.0689 e. The van der Waals surface area contributed by atoms with E-state index < -0.39 is 5.09 Å². The second kappa shape index (κ2) is 9.10. The van der Waals surface area contributed by atoms with Crippen LogP contribution in [0.15, 0.2) is 0 Å². The van der Waals surface area contributed by atoms with Crippen LogP contribution in [0.5, 0.6) is 0 Å². The monoisotopic (exact) mass is 221 g/mol. The van der Waals surface area contributed by atoms with Crippen LogP contribution in [-0.2, 0) is 0 Å². The molecule has 0 amide bonds. The van der Waals surface area contributed by atoms with E-state index in [1.165, 1.54) is 0 Å². The SMILES string of the molecule is O=[N+]([O-])[O-].[NH4+].[Pr]. The minimum absolute atomic E-state index is 0. The summed E-state index contributed by atoms with van der Waals surface area (Å²) in [4.78, 5) is 8.25. The predicted molar refractivity (Wildman–Crippen MR) is 16.3 cm³/mol. The molecule has 0 aliphatic rings. The van der Waals surface area contributed by atoms with Crippen molar-refractivity contribution in [1.82, 2.24) is 6.15 Å². The molecule has 6 heteroatoms. The third-order valence-corrected chi connectivity index (χ3v) is 0. The Morgan fingerprint density at radius 1 is 1.33 bits per heavy atom. The molecule has 0 bridgehead atoms. The van der Waals surface area contributed by atoms with E-state index in [0.717, 1.165) is 0 Å². The second-order valence-corrected chi connectivity index (χ2v) is 0.224. The fourth-order valence-electron chi connectivity index (χ4n) is 0. The van der Waals surface area contributed by atoms with Crippen molar-refractivity contribution in [1.29, 1.82) is 0 Å². The number of quaternary nitrogens is 1. The Morgan fingerprint density at radius 3 is 1.33 bits per heavy atom. The van der Waals surface area contributed by atoms with E-state index in [1.807, 2.05) is 0 Å². The molecule has 0 rings (SSSR count). The fourth-order valence-corrected chi connectivity index (χ4v) is 0. The van der Waals surface area contributed by atoms with Crippen LogP contribution in [-0.4, -0.2) is 5.09 Å². The third kappa shape index (κ3) is 205. The van der Waals surface area contributed by atoms with Crippen LogP contribution in [0.1, 0.15) is 0 Å². The summed E-state index contributed by atoms with van der Waals surface area (Å²) in [6, 6.07) is 0. The molecule has 4 N–H and O–H groups in total. The van der Waals surface area contributed by atoms with Crippen molar-refractivity contribution in [2.75, 3.05) is 0 Å². The quantitative estimate of drug-likeness (QED) is 0.464. The zero-order chi connectivity index (χ0) is 3.58. The first-order chi connectivity index (χ1) is 1.73. The minimum Gasteiger partial charge on any atom is -0.369 e. The van der Waals surface area contributed by atoms with E-state index in [0.29, 0.717) is 0 Å². The summed E-state index contributed by atoms with van der Waals surface area (Å²) in [6.45, 7) is 0. The molecule has 0 aromatic heterocycles. The van der Waals surface area contributed by atoms with Crippen LogP contribution in [0.25, 0.3) is 0 Å². The summed E-state index contributed by atoms with van der Waals surface area (Å²) in [6.07, 6.45) is 0. The normalized spacial score (nSPS) is 4.00. The van der Waals surface area contributed by atoms with Gasteiger partial charge in [0.05, 0.1) is 5.09 Å². The van der Waals surface area contributed by atoms with Gasteiger partial charge in [0.15, 0.2) is 0 Å². The molecule has 0 unspecified atom stereocenters. The van der Waals surface area contributed by atoms with Crippen LogP contribution in [0.4, 0.5) is 0 Å². The molecule has 0 saturated heterocycles. The minimum atomic E-state index is -1.75. The number of rotatable bonds is 0. The Kier molecular flexibility index (Phi) is 24.3. The molecule has 5 nitrogen and oxygen atoms in total. The van der Waals surface area contributed by atoms with Gasteiger partial charge in [-0.15, -0.1) is 0 Å². The molecular formula is H4N2O3Pr. The van der Waals surface area contributed by atoms with Crippen molar-refractivity contribution in [2.45, 2.75) is 0 Å². The van der Waals surface area contributed by atoms with Crippen LogP contribution in [0.3, 0.4) is 0 Å². The zero-order valence-corrected chi connectivity index (χ0v) is 6.95. The van der Waals surface area contributed by atoms with E-state index in [4.69, 9.17) is 15.3 Å². The van der Waals surface area contributed by atoms with Crippen molar-refractivity contribution in [3.8, 4) is 0 Å². The van der Waals surface area contributed by atoms with Gasteiger partial charge in [0, 0.05) is 41.3 Å². The maximum atomic E-state index is 8.25. The zero-order valence-electron chi connectivity index (χ0n) is 3.25. The average Bonchev–Trinajstić information content (AvgIpc) is 0.811. The summed E-state index contributed by atoms with van der Waals surface area (Å²) < 4.78 is 0. The molecule has 0 saturated carbocycles. The summed E-state index contributed by atoms with van der Waals surface area (Å²) in [7, 11) is 0. The van der Waals surface area contributed by atoms with Crippen molar-refractivity contribution in [3.63, 3.8) is 0 Å². The molecular weight excluding hydrogens is 217 g/mol. The molecule has 0 aliphatic heterocycles. The van der Waals surface area contributed by atoms with Crippen LogP contribution < -0.4 is 6.15 Å². The van der Waals surface area contributed by atoms with E-state index in [1.54, 1.807) is 0 Å². The Labute approximate surface area is 67.4 Å². The summed E-state index contributed by atoms with van der Waals surface area (Å²) >= 11 is 0. The maximum absolute atomic E-state index is 8.25. The molecule has 35 valence electrons. The van der Waals surface area contributed by atoms with Gasteiger partial charge in [-0.2, -0.15) is 0 Å². The van der Waals surface area contributed by atoms with Gasteiger partial charge in [0.1, 0.15) is 0 Å². The Bertz CT molecular complexity index is 31.8. The van der Waals surface area contributed by atoms with Crippen LogP contribution in [0.2, 0.25) is 0 Å². The maximum Gasteiger partial charge on any atom is 0.0689 e.